The molecule has 7 heteroatoms. The third kappa shape index (κ3) is 3.95. The number of carbonyl (C=O) groups excluding carboxylic acids is 1. The van der Waals surface area contributed by atoms with E-state index in [-0.39, 0.29) is 5.91 Å². The highest BCUT2D eigenvalue weighted by molar-refractivity contribution is 6.06. The van der Waals surface area contributed by atoms with Crippen molar-refractivity contribution in [3.63, 3.8) is 0 Å². The SMILES string of the molecule is Cc1ccc(Nc2cnccc2NC(=O)c2cnc(F)cc2C)nc1. The van der Waals surface area contributed by atoms with E-state index in [0.717, 1.165) is 5.56 Å². The molecule has 0 aliphatic carbocycles. The van der Waals surface area contributed by atoms with Gasteiger partial charge in [0, 0.05) is 18.6 Å². The van der Waals surface area contributed by atoms with Crippen molar-refractivity contribution < 1.29 is 9.18 Å². The molecule has 0 radical (unpaired) electrons. The zero-order valence-electron chi connectivity index (χ0n) is 13.7. The van der Waals surface area contributed by atoms with Gasteiger partial charge in [-0.1, -0.05) is 6.07 Å². The monoisotopic (exact) mass is 337 g/mol. The number of nitrogens with one attached hydrogen (secondary N) is 2. The second-order valence-electron chi connectivity index (χ2n) is 5.54. The first-order valence-electron chi connectivity index (χ1n) is 7.60. The van der Waals surface area contributed by atoms with E-state index in [1.165, 1.54) is 12.3 Å². The Morgan fingerprint density at radius 1 is 1.04 bits per heavy atom. The summed E-state index contributed by atoms with van der Waals surface area (Å²) < 4.78 is 13.1. The lowest BCUT2D eigenvalue weighted by Crippen LogP contribution is -2.15. The standard InChI is InChI=1S/C18H16FN5O/c1-11-3-4-17(22-8-11)23-15-10-20-6-5-14(15)24-18(25)13-9-21-16(19)7-12(13)2/h3-10H,1-2H3,(H,22,23)(H,20,24,25). The summed E-state index contributed by atoms with van der Waals surface area (Å²) in [6, 6.07) is 6.65. The summed E-state index contributed by atoms with van der Waals surface area (Å²) >= 11 is 0. The first-order valence-corrected chi connectivity index (χ1v) is 7.60. The average molecular weight is 337 g/mol. The van der Waals surface area contributed by atoms with E-state index in [1.807, 2.05) is 19.1 Å². The van der Waals surface area contributed by atoms with Crippen molar-refractivity contribution in [3.8, 4) is 0 Å². The number of hydrogen-bond donors (Lipinski definition) is 2. The average Bonchev–Trinajstić information content (AvgIpc) is 2.58. The van der Waals surface area contributed by atoms with Gasteiger partial charge in [-0.3, -0.25) is 9.78 Å². The Labute approximate surface area is 144 Å². The van der Waals surface area contributed by atoms with Crippen LogP contribution >= 0.6 is 0 Å². The molecule has 0 unspecified atom stereocenters. The molecular weight excluding hydrogens is 321 g/mol. The van der Waals surface area contributed by atoms with Crippen molar-refractivity contribution in [2.45, 2.75) is 13.8 Å². The number of aryl methyl sites for hydroxylation is 2. The van der Waals surface area contributed by atoms with Crippen LogP contribution < -0.4 is 10.6 Å². The van der Waals surface area contributed by atoms with Crippen LogP contribution in [0.4, 0.5) is 21.6 Å². The van der Waals surface area contributed by atoms with Gasteiger partial charge in [0.2, 0.25) is 5.95 Å². The molecule has 0 fully saturated rings. The van der Waals surface area contributed by atoms with Gasteiger partial charge < -0.3 is 10.6 Å². The Morgan fingerprint density at radius 2 is 1.88 bits per heavy atom. The van der Waals surface area contributed by atoms with Gasteiger partial charge in [-0.25, -0.2) is 9.97 Å². The van der Waals surface area contributed by atoms with Crippen molar-refractivity contribution in [1.82, 2.24) is 15.0 Å². The number of pyridine rings is 3. The maximum Gasteiger partial charge on any atom is 0.257 e. The molecule has 126 valence electrons. The van der Waals surface area contributed by atoms with Crippen LogP contribution in [0.15, 0.2) is 49.1 Å². The molecule has 0 saturated heterocycles. The highest BCUT2D eigenvalue weighted by Crippen LogP contribution is 2.24. The van der Waals surface area contributed by atoms with Gasteiger partial charge in [0.25, 0.3) is 5.91 Å². The first-order chi connectivity index (χ1) is 12.0. The Bertz CT molecular complexity index is 912. The summed E-state index contributed by atoms with van der Waals surface area (Å²) in [5.41, 5.74) is 2.99. The Kier molecular flexibility index (Phi) is 4.65. The third-order valence-corrected chi connectivity index (χ3v) is 3.57. The summed E-state index contributed by atoms with van der Waals surface area (Å²) in [6.07, 6.45) is 6.12. The van der Waals surface area contributed by atoms with E-state index in [1.54, 1.807) is 31.6 Å². The number of rotatable bonds is 4. The van der Waals surface area contributed by atoms with Crippen LogP contribution in [0.5, 0.6) is 0 Å². The highest BCUT2D eigenvalue weighted by Gasteiger charge is 2.13. The molecule has 1 amide bonds. The van der Waals surface area contributed by atoms with Gasteiger partial charge in [-0.15, -0.1) is 0 Å². The van der Waals surface area contributed by atoms with Crippen LogP contribution in [-0.2, 0) is 0 Å². The number of halogens is 1. The molecule has 25 heavy (non-hydrogen) atoms. The van der Waals surface area contributed by atoms with Crippen LogP contribution in [0.1, 0.15) is 21.5 Å². The molecule has 0 aromatic carbocycles. The van der Waals surface area contributed by atoms with Crippen LogP contribution in [0.25, 0.3) is 0 Å². The second kappa shape index (κ2) is 7.04. The van der Waals surface area contributed by atoms with Crippen molar-refractivity contribution >= 4 is 23.1 Å². The van der Waals surface area contributed by atoms with E-state index in [0.29, 0.717) is 28.3 Å². The first kappa shape index (κ1) is 16.5. The van der Waals surface area contributed by atoms with Gasteiger partial charge in [-0.05, 0) is 43.2 Å². The van der Waals surface area contributed by atoms with Gasteiger partial charge in [0.05, 0.1) is 23.1 Å². The summed E-state index contributed by atoms with van der Waals surface area (Å²) in [5, 5.41) is 5.90. The van der Waals surface area contributed by atoms with Crippen molar-refractivity contribution in [1.29, 1.82) is 0 Å². The lowest BCUT2D eigenvalue weighted by atomic mass is 10.1. The van der Waals surface area contributed by atoms with Crippen LogP contribution in [0, 0.1) is 19.8 Å². The fraction of sp³-hybridized carbons (Fsp3) is 0.111. The molecule has 3 rings (SSSR count). The predicted molar refractivity (Wildman–Crippen MR) is 93.4 cm³/mol. The van der Waals surface area contributed by atoms with Crippen molar-refractivity contribution in [2.24, 2.45) is 0 Å². The molecule has 6 nitrogen and oxygen atoms in total. The molecule has 0 aliphatic rings. The van der Waals surface area contributed by atoms with Gasteiger partial charge >= 0.3 is 0 Å². The minimum atomic E-state index is -0.620. The molecule has 3 heterocycles. The lowest BCUT2D eigenvalue weighted by molar-refractivity contribution is 0.102. The Balaban J connectivity index is 1.83. The molecule has 0 atom stereocenters. The number of amides is 1. The van der Waals surface area contributed by atoms with E-state index in [9.17, 15) is 9.18 Å². The minimum Gasteiger partial charge on any atom is -0.337 e. The summed E-state index contributed by atoms with van der Waals surface area (Å²) in [5.74, 6) is -0.365. The summed E-state index contributed by atoms with van der Waals surface area (Å²) in [7, 11) is 0. The summed E-state index contributed by atoms with van der Waals surface area (Å²) in [4.78, 5) is 24.3. The van der Waals surface area contributed by atoms with Gasteiger partial charge in [0.15, 0.2) is 0 Å². The highest BCUT2D eigenvalue weighted by atomic mass is 19.1. The van der Waals surface area contributed by atoms with Crippen molar-refractivity contribution in [3.05, 3.63) is 71.7 Å². The molecule has 2 N–H and O–H groups in total. The molecular formula is C18H16FN5O. The molecule has 3 aromatic rings. The molecule has 0 aliphatic heterocycles. The molecule has 0 spiro atoms. The van der Waals surface area contributed by atoms with E-state index < -0.39 is 5.95 Å². The molecule has 0 saturated carbocycles. The smallest absolute Gasteiger partial charge is 0.257 e. The van der Waals surface area contributed by atoms with Crippen LogP contribution in [0.3, 0.4) is 0 Å². The quantitative estimate of drug-likeness (QED) is 0.711. The van der Waals surface area contributed by atoms with Gasteiger partial charge in [0.1, 0.15) is 5.82 Å². The van der Waals surface area contributed by atoms with Crippen molar-refractivity contribution in [2.75, 3.05) is 10.6 Å². The number of anilines is 3. The zero-order valence-corrected chi connectivity index (χ0v) is 13.7. The Hall–Kier alpha value is -3.35. The zero-order chi connectivity index (χ0) is 17.8. The number of carbonyl (C=O) groups is 1. The maximum absolute atomic E-state index is 13.1. The lowest BCUT2D eigenvalue weighted by Gasteiger charge is -2.13. The minimum absolute atomic E-state index is 0.303. The van der Waals surface area contributed by atoms with Gasteiger partial charge in [-0.2, -0.15) is 4.39 Å². The second-order valence-corrected chi connectivity index (χ2v) is 5.54. The number of hydrogen-bond acceptors (Lipinski definition) is 5. The van der Waals surface area contributed by atoms with Crippen LogP contribution in [-0.4, -0.2) is 20.9 Å². The predicted octanol–water partition coefficient (Wildman–Crippen LogP) is 3.62. The van der Waals surface area contributed by atoms with Crippen LogP contribution in [0.2, 0.25) is 0 Å². The largest absolute Gasteiger partial charge is 0.337 e. The third-order valence-electron chi connectivity index (χ3n) is 3.57. The van der Waals surface area contributed by atoms with E-state index in [2.05, 4.69) is 25.6 Å². The normalized spacial score (nSPS) is 10.4. The fourth-order valence-corrected chi connectivity index (χ4v) is 2.23. The summed E-state index contributed by atoms with van der Waals surface area (Å²) in [6.45, 7) is 3.60. The Morgan fingerprint density at radius 3 is 2.60 bits per heavy atom. The number of aromatic nitrogens is 3. The number of nitrogens with zero attached hydrogens (tertiary/aromatic N) is 3. The van der Waals surface area contributed by atoms with E-state index in [4.69, 9.17) is 0 Å². The van der Waals surface area contributed by atoms with E-state index >= 15 is 0 Å². The topological polar surface area (TPSA) is 79.8 Å². The molecule has 0 bridgehead atoms. The fourth-order valence-electron chi connectivity index (χ4n) is 2.23. The maximum atomic E-state index is 13.1. The molecule has 3 aromatic heterocycles.